The van der Waals surface area contributed by atoms with Gasteiger partial charge in [0, 0.05) is 12.1 Å². The van der Waals surface area contributed by atoms with Crippen LogP contribution in [-0.4, -0.2) is 21.6 Å². The molecule has 37 heavy (non-hydrogen) atoms. The lowest BCUT2D eigenvalue weighted by Gasteiger charge is -2.15. The molecular weight excluding hydrogens is 464 g/mol. The first-order chi connectivity index (χ1) is 18.0. The van der Waals surface area contributed by atoms with Gasteiger partial charge in [-0.25, -0.2) is 0 Å². The summed E-state index contributed by atoms with van der Waals surface area (Å²) >= 11 is 0. The zero-order valence-electron chi connectivity index (χ0n) is 19.6. The molecule has 0 saturated carbocycles. The number of nitrogens with zero attached hydrogens (tertiary/aromatic N) is 2. The number of hydrogen-bond donors (Lipinski definition) is 0. The number of nitro groups is 1. The highest BCUT2D eigenvalue weighted by molar-refractivity contribution is 6.49. The average molecular weight is 485 g/mol. The fourth-order valence-corrected chi connectivity index (χ4v) is 4.87. The molecule has 1 aliphatic heterocycles. The predicted molar refractivity (Wildman–Crippen MR) is 143 cm³/mol. The smallest absolute Gasteiger partial charge is 0.270 e. The highest BCUT2D eigenvalue weighted by Gasteiger charge is 2.39. The van der Waals surface area contributed by atoms with Crippen LogP contribution in [0.25, 0.3) is 32.7 Å². The summed E-state index contributed by atoms with van der Waals surface area (Å²) in [5.41, 5.74) is 2.81. The second-order valence-corrected chi connectivity index (χ2v) is 9.00. The van der Waals surface area contributed by atoms with E-state index in [-0.39, 0.29) is 24.0 Å². The second kappa shape index (κ2) is 8.84. The molecule has 5 aromatic rings. The van der Waals surface area contributed by atoms with Crippen molar-refractivity contribution < 1.29 is 14.5 Å². The summed E-state index contributed by atoms with van der Waals surface area (Å²) in [6.07, 6.45) is 0. The Balaban J connectivity index is 1.52. The van der Waals surface area contributed by atoms with Crippen molar-refractivity contribution in [3.8, 4) is 0 Å². The predicted octanol–water partition coefficient (Wildman–Crippen LogP) is 6.38. The Kier molecular flexibility index (Phi) is 5.34. The number of carbonyl (C=O) groups is 2. The minimum Gasteiger partial charge on any atom is -0.270 e. The highest BCUT2D eigenvalue weighted by Crippen LogP contribution is 2.38. The number of rotatable bonds is 5. The van der Waals surface area contributed by atoms with Gasteiger partial charge in [-0.05, 0) is 56.4 Å². The number of nitro benzene ring substituents is 1. The van der Waals surface area contributed by atoms with E-state index in [0.717, 1.165) is 21.7 Å². The molecule has 0 aliphatic carbocycles. The lowest BCUT2D eigenvalue weighted by molar-refractivity contribution is -0.384. The third kappa shape index (κ3) is 3.94. The van der Waals surface area contributed by atoms with Crippen molar-refractivity contribution >= 4 is 50.2 Å². The van der Waals surface area contributed by atoms with Gasteiger partial charge >= 0.3 is 0 Å². The van der Waals surface area contributed by atoms with E-state index in [1.165, 1.54) is 17.0 Å². The molecule has 1 aliphatic rings. The van der Waals surface area contributed by atoms with Crippen LogP contribution in [0.15, 0.2) is 109 Å². The molecule has 0 bridgehead atoms. The van der Waals surface area contributed by atoms with Crippen molar-refractivity contribution in [2.45, 2.75) is 6.54 Å². The van der Waals surface area contributed by atoms with E-state index in [4.69, 9.17) is 0 Å². The minimum absolute atomic E-state index is 0.00234. The van der Waals surface area contributed by atoms with Gasteiger partial charge in [0.25, 0.3) is 17.5 Å². The normalized spacial score (nSPS) is 13.7. The molecule has 0 radical (unpaired) electrons. The van der Waals surface area contributed by atoms with Crippen molar-refractivity contribution in [1.82, 2.24) is 4.90 Å². The molecule has 178 valence electrons. The van der Waals surface area contributed by atoms with E-state index in [9.17, 15) is 19.7 Å². The van der Waals surface area contributed by atoms with Gasteiger partial charge in [-0.15, -0.1) is 0 Å². The van der Waals surface area contributed by atoms with Gasteiger partial charge in [0.1, 0.15) is 0 Å². The van der Waals surface area contributed by atoms with Gasteiger partial charge in [-0.3, -0.25) is 24.6 Å². The maximum absolute atomic E-state index is 13.8. The summed E-state index contributed by atoms with van der Waals surface area (Å²) in [4.78, 5) is 39.6. The summed E-state index contributed by atoms with van der Waals surface area (Å²) < 4.78 is 0. The lowest BCUT2D eigenvalue weighted by atomic mass is 9.93. The van der Waals surface area contributed by atoms with Gasteiger partial charge in [0.15, 0.2) is 0 Å². The van der Waals surface area contributed by atoms with Crippen molar-refractivity contribution in [1.29, 1.82) is 0 Å². The Hall–Kier alpha value is -5.10. The molecule has 6 heteroatoms. The van der Waals surface area contributed by atoms with Crippen LogP contribution >= 0.6 is 0 Å². The third-order valence-corrected chi connectivity index (χ3v) is 6.71. The number of carbonyl (C=O) groups excluding carboxylic acids is 2. The molecule has 0 unspecified atom stereocenters. The van der Waals surface area contributed by atoms with Crippen LogP contribution in [0.1, 0.15) is 16.7 Å². The summed E-state index contributed by atoms with van der Waals surface area (Å²) in [6, 6.07) is 33.0. The van der Waals surface area contributed by atoms with E-state index in [2.05, 4.69) is 0 Å². The van der Waals surface area contributed by atoms with Crippen LogP contribution in [0.5, 0.6) is 0 Å². The van der Waals surface area contributed by atoms with Crippen molar-refractivity contribution in [3.05, 3.63) is 136 Å². The van der Waals surface area contributed by atoms with E-state index in [0.29, 0.717) is 27.7 Å². The van der Waals surface area contributed by atoms with Gasteiger partial charge in [0.2, 0.25) is 0 Å². The number of imide groups is 1. The van der Waals surface area contributed by atoms with Gasteiger partial charge in [-0.2, -0.15) is 0 Å². The molecule has 0 fully saturated rings. The monoisotopic (exact) mass is 484 g/mol. The van der Waals surface area contributed by atoms with E-state index >= 15 is 0 Å². The standard InChI is InChI=1S/C31H20N2O4/c34-30-28(25-12-10-21-8-4-5-9-22(21)16-25)29(31(35)32(30)19-20-6-2-1-3-7-20)26-13-11-24-18-27(33(36)37)15-14-23(24)17-26/h1-18H,19H2. The Morgan fingerprint density at radius 2 is 1.11 bits per heavy atom. The maximum Gasteiger partial charge on any atom is 0.270 e. The summed E-state index contributed by atoms with van der Waals surface area (Å²) in [5.74, 6) is -0.707. The fraction of sp³-hybridized carbons (Fsp3) is 0.0323. The molecule has 0 saturated heterocycles. The Labute approximate surface area is 212 Å². The van der Waals surface area contributed by atoms with Crippen LogP contribution in [0.4, 0.5) is 5.69 Å². The molecule has 0 spiro atoms. The first-order valence-corrected chi connectivity index (χ1v) is 11.8. The summed E-state index contributed by atoms with van der Waals surface area (Å²) in [6.45, 7) is 0.166. The maximum atomic E-state index is 13.8. The molecule has 6 rings (SSSR count). The zero-order chi connectivity index (χ0) is 25.5. The SMILES string of the molecule is O=C1C(c2ccc3ccccc3c2)=C(c2ccc3cc([N+](=O)[O-])ccc3c2)C(=O)N1Cc1ccccc1. The fourth-order valence-electron chi connectivity index (χ4n) is 4.87. The molecular formula is C31H20N2O4. The molecule has 0 atom stereocenters. The van der Waals surface area contributed by atoms with Gasteiger partial charge < -0.3 is 0 Å². The topological polar surface area (TPSA) is 80.5 Å². The van der Waals surface area contributed by atoms with E-state index in [1.807, 2.05) is 78.9 Å². The number of benzene rings is 5. The molecule has 0 aromatic heterocycles. The largest absolute Gasteiger partial charge is 0.270 e. The molecule has 5 aromatic carbocycles. The second-order valence-electron chi connectivity index (χ2n) is 9.00. The van der Waals surface area contributed by atoms with Gasteiger partial charge in [-0.1, -0.05) is 78.9 Å². The molecule has 2 amide bonds. The first-order valence-electron chi connectivity index (χ1n) is 11.8. The van der Waals surface area contributed by atoms with Crippen LogP contribution in [-0.2, 0) is 16.1 Å². The number of hydrogen-bond acceptors (Lipinski definition) is 4. The van der Waals surface area contributed by atoms with Crippen LogP contribution in [0.2, 0.25) is 0 Å². The van der Waals surface area contributed by atoms with E-state index < -0.39 is 4.92 Å². The van der Waals surface area contributed by atoms with Crippen molar-refractivity contribution in [3.63, 3.8) is 0 Å². The summed E-state index contributed by atoms with van der Waals surface area (Å²) in [7, 11) is 0. The highest BCUT2D eigenvalue weighted by atomic mass is 16.6. The third-order valence-electron chi connectivity index (χ3n) is 6.71. The molecule has 0 N–H and O–H groups in total. The minimum atomic E-state index is -0.436. The number of amides is 2. The number of fused-ring (bicyclic) bond motifs is 2. The average Bonchev–Trinajstić information content (AvgIpc) is 3.17. The Morgan fingerprint density at radius 3 is 1.76 bits per heavy atom. The van der Waals surface area contributed by atoms with Crippen molar-refractivity contribution in [2.24, 2.45) is 0 Å². The molecule has 1 heterocycles. The Bertz CT molecular complexity index is 1770. The van der Waals surface area contributed by atoms with Crippen LogP contribution in [0, 0.1) is 10.1 Å². The molecule has 6 nitrogen and oxygen atoms in total. The summed E-state index contributed by atoms with van der Waals surface area (Å²) in [5, 5.41) is 14.6. The van der Waals surface area contributed by atoms with Gasteiger partial charge in [0.05, 0.1) is 22.6 Å². The van der Waals surface area contributed by atoms with Crippen LogP contribution < -0.4 is 0 Å². The van der Waals surface area contributed by atoms with Crippen molar-refractivity contribution in [2.75, 3.05) is 0 Å². The zero-order valence-corrected chi connectivity index (χ0v) is 19.6. The Morgan fingerprint density at radius 1 is 0.595 bits per heavy atom. The quantitative estimate of drug-likeness (QED) is 0.165. The van der Waals surface area contributed by atoms with Crippen LogP contribution in [0.3, 0.4) is 0 Å². The lowest BCUT2D eigenvalue weighted by Crippen LogP contribution is -2.30. The van der Waals surface area contributed by atoms with E-state index in [1.54, 1.807) is 18.2 Å². The first kappa shape index (κ1) is 22.4. The number of non-ortho nitro benzene ring substituents is 1.